The van der Waals surface area contributed by atoms with Gasteiger partial charge in [-0.3, -0.25) is 0 Å². The maximum atomic E-state index is 12.7. The van der Waals surface area contributed by atoms with Crippen LogP contribution in [0.4, 0.5) is 17.6 Å². The summed E-state index contributed by atoms with van der Waals surface area (Å²) in [6, 6.07) is 6.85. The van der Waals surface area contributed by atoms with Gasteiger partial charge in [0.15, 0.2) is 5.83 Å². The lowest BCUT2D eigenvalue weighted by atomic mass is 9.79. The van der Waals surface area contributed by atoms with E-state index in [0.717, 1.165) is 56.2 Å². The fourth-order valence-electron chi connectivity index (χ4n) is 3.23. The summed E-state index contributed by atoms with van der Waals surface area (Å²) in [5, 5.41) is 8.33. The number of alkyl halides is 3. The number of halogens is 4. The molecule has 1 aliphatic carbocycles. The smallest absolute Gasteiger partial charge is 0.195 e. The van der Waals surface area contributed by atoms with Gasteiger partial charge in [-0.2, -0.15) is 22.8 Å². The van der Waals surface area contributed by atoms with E-state index in [1.807, 2.05) is 6.08 Å². The Morgan fingerprint density at radius 2 is 1.76 bits per heavy atom. The third-order valence-electron chi connectivity index (χ3n) is 4.75. The van der Waals surface area contributed by atoms with Crippen molar-refractivity contribution in [1.82, 2.24) is 0 Å². The normalized spacial score (nSPS) is 22.1. The average molecular weight is 351 g/mol. The molecule has 134 valence electrons. The van der Waals surface area contributed by atoms with Crippen LogP contribution in [0.5, 0.6) is 0 Å². The van der Waals surface area contributed by atoms with Crippen LogP contribution in [-0.2, 0) is 12.6 Å². The number of hydrogen-bond donors (Lipinski definition) is 0. The molecular formula is C20H21F4N. The van der Waals surface area contributed by atoms with E-state index in [1.54, 1.807) is 18.2 Å². The number of hydrogen-bond acceptors (Lipinski definition) is 1. The largest absolute Gasteiger partial charge is 0.416 e. The Balaban J connectivity index is 1.74. The Labute approximate surface area is 145 Å². The number of aryl methyl sites for hydroxylation is 1. The lowest BCUT2D eigenvalue weighted by Gasteiger charge is -2.26. The molecule has 0 saturated heterocycles. The van der Waals surface area contributed by atoms with Gasteiger partial charge in [0.05, 0.1) is 5.56 Å². The summed E-state index contributed by atoms with van der Waals surface area (Å²) in [7, 11) is 0. The van der Waals surface area contributed by atoms with Gasteiger partial charge in [0, 0.05) is 0 Å². The van der Waals surface area contributed by atoms with Gasteiger partial charge in [-0.05, 0) is 74.1 Å². The van der Waals surface area contributed by atoms with Crippen LogP contribution >= 0.6 is 0 Å². The number of nitrogens with zero attached hydrogens (tertiary/aromatic N) is 1. The topological polar surface area (TPSA) is 23.8 Å². The quantitative estimate of drug-likeness (QED) is 0.343. The minimum absolute atomic E-state index is 0.407. The first-order valence-corrected chi connectivity index (χ1v) is 8.48. The summed E-state index contributed by atoms with van der Waals surface area (Å²) in [5.74, 6) is 0.199. The van der Waals surface area contributed by atoms with E-state index in [0.29, 0.717) is 11.8 Å². The van der Waals surface area contributed by atoms with E-state index in [2.05, 4.69) is 0 Å². The van der Waals surface area contributed by atoms with Gasteiger partial charge in [0.2, 0.25) is 0 Å². The van der Waals surface area contributed by atoms with Gasteiger partial charge < -0.3 is 0 Å². The number of nitriles is 1. The summed E-state index contributed by atoms with van der Waals surface area (Å²) in [4.78, 5) is 0. The van der Waals surface area contributed by atoms with Gasteiger partial charge in [-0.25, -0.2) is 0 Å². The molecule has 0 radical (unpaired) electrons. The van der Waals surface area contributed by atoms with Crippen molar-refractivity contribution in [2.45, 2.75) is 44.7 Å². The van der Waals surface area contributed by atoms with Crippen LogP contribution in [-0.4, -0.2) is 0 Å². The monoisotopic (exact) mass is 351 g/mol. The van der Waals surface area contributed by atoms with E-state index >= 15 is 0 Å². The highest BCUT2D eigenvalue weighted by atomic mass is 19.4. The molecule has 1 aliphatic rings. The third kappa shape index (κ3) is 6.38. The van der Waals surface area contributed by atoms with Gasteiger partial charge in [0.1, 0.15) is 6.07 Å². The molecule has 0 spiro atoms. The zero-order valence-corrected chi connectivity index (χ0v) is 13.9. The van der Waals surface area contributed by atoms with Crippen molar-refractivity contribution in [2.75, 3.05) is 0 Å². The number of allylic oxidation sites excluding steroid dienone is 4. The molecule has 1 aromatic carbocycles. The maximum Gasteiger partial charge on any atom is 0.416 e. The minimum Gasteiger partial charge on any atom is -0.195 e. The van der Waals surface area contributed by atoms with Gasteiger partial charge in [0.25, 0.3) is 0 Å². The number of benzene rings is 1. The second-order valence-electron chi connectivity index (χ2n) is 6.53. The predicted molar refractivity (Wildman–Crippen MR) is 89.2 cm³/mol. The minimum atomic E-state index is -4.28. The predicted octanol–water partition coefficient (Wildman–Crippen LogP) is 6.38. The van der Waals surface area contributed by atoms with Gasteiger partial charge >= 0.3 is 6.18 Å². The van der Waals surface area contributed by atoms with Gasteiger partial charge in [-0.1, -0.05) is 24.3 Å². The first kappa shape index (κ1) is 19.2. The molecule has 0 atom stereocenters. The average Bonchev–Trinajstić information content (AvgIpc) is 2.60. The molecule has 0 unspecified atom stereocenters. The van der Waals surface area contributed by atoms with Crippen molar-refractivity contribution >= 4 is 0 Å². The highest BCUT2D eigenvalue weighted by Crippen LogP contribution is 2.33. The van der Waals surface area contributed by atoms with E-state index in [-0.39, 0.29) is 0 Å². The Morgan fingerprint density at radius 3 is 2.32 bits per heavy atom. The lowest BCUT2D eigenvalue weighted by molar-refractivity contribution is -0.137. The zero-order chi connectivity index (χ0) is 18.3. The summed E-state index contributed by atoms with van der Waals surface area (Å²) in [6.45, 7) is 0. The van der Waals surface area contributed by atoms with E-state index < -0.39 is 17.6 Å². The van der Waals surface area contributed by atoms with Crippen molar-refractivity contribution in [3.05, 3.63) is 59.4 Å². The Hall–Kier alpha value is -2.09. The molecule has 1 nitrogen and oxygen atoms in total. The molecule has 0 bridgehead atoms. The number of rotatable bonds is 5. The molecule has 1 fully saturated rings. The van der Waals surface area contributed by atoms with Crippen LogP contribution in [0.3, 0.4) is 0 Å². The molecule has 0 amide bonds. The van der Waals surface area contributed by atoms with Crippen LogP contribution < -0.4 is 0 Å². The van der Waals surface area contributed by atoms with Crippen LogP contribution in [0.25, 0.3) is 0 Å². The molecule has 1 aromatic rings. The summed E-state index contributed by atoms with van der Waals surface area (Å²) in [6.07, 6.45) is 6.40. The highest BCUT2D eigenvalue weighted by Gasteiger charge is 2.29. The molecule has 5 heteroatoms. The van der Waals surface area contributed by atoms with E-state index in [9.17, 15) is 17.6 Å². The molecule has 0 N–H and O–H groups in total. The summed E-state index contributed by atoms with van der Waals surface area (Å²) >= 11 is 0. The molecule has 1 saturated carbocycles. The highest BCUT2D eigenvalue weighted by molar-refractivity contribution is 5.24. The molecular weight excluding hydrogens is 330 g/mol. The SMILES string of the molecule is N#C/C(F)=C/C=C/C1CCC(CCc2ccc(C(F)(F)F)cc2)CC1. The fourth-order valence-corrected chi connectivity index (χ4v) is 3.23. The molecule has 2 rings (SSSR count). The van der Waals surface area contributed by atoms with Crippen molar-refractivity contribution in [3.63, 3.8) is 0 Å². The molecule has 25 heavy (non-hydrogen) atoms. The zero-order valence-electron chi connectivity index (χ0n) is 13.9. The summed E-state index contributed by atoms with van der Waals surface area (Å²) in [5.41, 5.74) is 0.331. The Kier molecular flexibility index (Phi) is 6.81. The fraction of sp³-hybridized carbons (Fsp3) is 0.450. The first-order chi connectivity index (χ1) is 11.9. The second-order valence-corrected chi connectivity index (χ2v) is 6.53. The third-order valence-corrected chi connectivity index (χ3v) is 4.75. The first-order valence-electron chi connectivity index (χ1n) is 8.48. The van der Waals surface area contributed by atoms with E-state index in [4.69, 9.17) is 5.26 Å². The van der Waals surface area contributed by atoms with Crippen molar-refractivity contribution in [3.8, 4) is 6.07 Å². The standard InChI is InChI=1S/C20H21F4N/c21-19(14-25)3-1-2-15-4-6-16(7-5-15)8-9-17-10-12-18(13-11-17)20(22,23)24/h1-3,10-13,15-16H,4-9H2/b2-1+,19-3-. The van der Waals surface area contributed by atoms with Crippen LogP contribution in [0.15, 0.2) is 48.3 Å². The summed E-state index contributed by atoms with van der Waals surface area (Å²) < 4.78 is 50.3. The lowest BCUT2D eigenvalue weighted by Crippen LogP contribution is -2.13. The van der Waals surface area contributed by atoms with Crippen LogP contribution in [0, 0.1) is 23.2 Å². The molecule has 0 aliphatic heterocycles. The van der Waals surface area contributed by atoms with E-state index in [1.165, 1.54) is 12.1 Å². The van der Waals surface area contributed by atoms with Crippen LogP contribution in [0.2, 0.25) is 0 Å². The van der Waals surface area contributed by atoms with Crippen LogP contribution in [0.1, 0.15) is 43.2 Å². The maximum absolute atomic E-state index is 12.7. The Morgan fingerprint density at radius 1 is 1.12 bits per heavy atom. The van der Waals surface area contributed by atoms with Crippen molar-refractivity contribution in [2.24, 2.45) is 11.8 Å². The van der Waals surface area contributed by atoms with Crippen molar-refractivity contribution < 1.29 is 17.6 Å². The Bertz CT molecular complexity index is 642. The second kappa shape index (κ2) is 8.84. The molecule has 0 aromatic heterocycles. The van der Waals surface area contributed by atoms with Gasteiger partial charge in [-0.15, -0.1) is 0 Å². The molecule has 0 heterocycles. The van der Waals surface area contributed by atoms with Crippen molar-refractivity contribution in [1.29, 1.82) is 5.26 Å².